The number of benzene rings is 1. The fourth-order valence-electron chi connectivity index (χ4n) is 4.00. The number of aromatic nitrogens is 4. The summed E-state index contributed by atoms with van der Waals surface area (Å²) in [4.78, 5) is 11.4. The predicted molar refractivity (Wildman–Crippen MR) is 118 cm³/mol. The van der Waals surface area contributed by atoms with Crippen LogP contribution in [-0.2, 0) is 12.8 Å². The smallest absolute Gasteiger partial charge is 0.158 e. The summed E-state index contributed by atoms with van der Waals surface area (Å²) < 4.78 is 1.95. The molecular weight excluding hydrogens is 380 g/mol. The van der Waals surface area contributed by atoms with Crippen LogP contribution >= 0.6 is 11.3 Å². The van der Waals surface area contributed by atoms with E-state index in [0.29, 0.717) is 0 Å². The van der Waals surface area contributed by atoms with E-state index in [4.69, 9.17) is 0 Å². The van der Waals surface area contributed by atoms with E-state index in [1.807, 2.05) is 36.0 Å². The Labute approximate surface area is 173 Å². The van der Waals surface area contributed by atoms with Gasteiger partial charge in [0.1, 0.15) is 11.2 Å². The van der Waals surface area contributed by atoms with Crippen LogP contribution in [0.1, 0.15) is 40.2 Å². The Balaban J connectivity index is 1.45. The highest BCUT2D eigenvalue weighted by molar-refractivity contribution is 7.19. The molecule has 29 heavy (non-hydrogen) atoms. The van der Waals surface area contributed by atoms with Crippen molar-refractivity contribution in [3.05, 3.63) is 64.1 Å². The topological polar surface area (TPSA) is 68.0 Å². The number of hydrogen-bond donors (Lipinski definition) is 1. The molecule has 0 spiro atoms. The molecule has 1 aliphatic carbocycles. The molecule has 4 aromatic rings. The molecule has 1 aliphatic rings. The van der Waals surface area contributed by atoms with Crippen molar-refractivity contribution >= 4 is 33.6 Å². The van der Waals surface area contributed by atoms with Crippen molar-refractivity contribution in [1.29, 1.82) is 0 Å². The quantitative estimate of drug-likeness (QED) is 0.393. The van der Waals surface area contributed by atoms with E-state index >= 15 is 0 Å². The zero-order valence-corrected chi connectivity index (χ0v) is 17.3. The van der Waals surface area contributed by atoms with Crippen molar-refractivity contribution in [2.75, 3.05) is 5.43 Å². The first-order chi connectivity index (χ1) is 14.2. The third-order valence-electron chi connectivity index (χ3n) is 5.46. The van der Waals surface area contributed by atoms with Crippen LogP contribution in [0.15, 0.2) is 41.8 Å². The zero-order chi connectivity index (χ0) is 19.8. The zero-order valence-electron chi connectivity index (χ0n) is 16.5. The average Bonchev–Trinajstić information content (AvgIpc) is 3.27. The number of thiophene rings is 1. The second-order valence-corrected chi connectivity index (χ2v) is 8.40. The third kappa shape index (κ3) is 3.21. The first-order valence-corrected chi connectivity index (χ1v) is 10.7. The van der Waals surface area contributed by atoms with Gasteiger partial charge in [-0.25, -0.2) is 14.6 Å². The van der Waals surface area contributed by atoms with Gasteiger partial charge in [0.15, 0.2) is 5.82 Å². The van der Waals surface area contributed by atoms with Crippen LogP contribution < -0.4 is 5.43 Å². The number of nitrogens with one attached hydrogen (secondary N) is 1. The SMILES string of the molecule is Cc1nn(-c2ccccc2)c(C)c1C=NNc1ncnc2sc3c(c12)CCCC3. The van der Waals surface area contributed by atoms with E-state index in [-0.39, 0.29) is 0 Å². The van der Waals surface area contributed by atoms with Gasteiger partial charge in [-0.1, -0.05) is 18.2 Å². The largest absolute Gasteiger partial charge is 0.261 e. The monoisotopic (exact) mass is 402 g/mol. The van der Waals surface area contributed by atoms with Crippen LogP contribution in [0.2, 0.25) is 0 Å². The van der Waals surface area contributed by atoms with Gasteiger partial charge in [-0.3, -0.25) is 5.43 Å². The summed E-state index contributed by atoms with van der Waals surface area (Å²) in [6.45, 7) is 4.07. The Morgan fingerprint density at radius 1 is 1.10 bits per heavy atom. The van der Waals surface area contributed by atoms with Crippen molar-refractivity contribution in [3.63, 3.8) is 0 Å². The number of anilines is 1. The molecular formula is C22H22N6S. The molecule has 3 aromatic heterocycles. The lowest BCUT2D eigenvalue weighted by atomic mass is 9.97. The molecule has 0 bridgehead atoms. The summed E-state index contributed by atoms with van der Waals surface area (Å²) in [6, 6.07) is 10.1. The Hall–Kier alpha value is -3.06. The molecule has 1 N–H and O–H groups in total. The summed E-state index contributed by atoms with van der Waals surface area (Å²) in [6.07, 6.45) is 8.20. The van der Waals surface area contributed by atoms with Crippen molar-refractivity contribution in [2.45, 2.75) is 39.5 Å². The lowest BCUT2D eigenvalue weighted by molar-refractivity contribution is 0.700. The van der Waals surface area contributed by atoms with E-state index in [1.165, 1.54) is 23.3 Å². The van der Waals surface area contributed by atoms with Crippen LogP contribution in [0.25, 0.3) is 15.9 Å². The molecule has 146 valence electrons. The molecule has 0 atom stereocenters. The van der Waals surface area contributed by atoms with Gasteiger partial charge in [0.05, 0.1) is 28.7 Å². The fraction of sp³-hybridized carbons (Fsp3) is 0.273. The molecule has 0 aliphatic heterocycles. The van der Waals surface area contributed by atoms with Crippen LogP contribution in [0, 0.1) is 13.8 Å². The van der Waals surface area contributed by atoms with Crippen LogP contribution in [0.4, 0.5) is 5.82 Å². The summed E-state index contributed by atoms with van der Waals surface area (Å²) in [7, 11) is 0. The van der Waals surface area contributed by atoms with Gasteiger partial charge >= 0.3 is 0 Å². The van der Waals surface area contributed by atoms with E-state index in [2.05, 4.69) is 44.7 Å². The Kier molecular flexibility index (Phi) is 4.60. The van der Waals surface area contributed by atoms with Gasteiger partial charge in [0, 0.05) is 10.4 Å². The molecule has 1 aromatic carbocycles. The van der Waals surface area contributed by atoms with Crippen LogP contribution in [0.5, 0.6) is 0 Å². The molecule has 5 rings (SSSR count). The standard InChI is InChI=1S/C22H22N6S/c1-14-18(15(2)28(27-14)16-8-4-3-5-9-16)12-25-26-21-20-17-10-6-7-11-19(17)29-22(20)24-13-23-21/h3-5,8-9,12-13H,6-7,10-11H2,1-2H3,(H,23,24,26). The second kappa shape index (κ2) is 7.40. The maximum absolute atomic E-state index is 4.68. The van der Waals surface area contributed by atoms with Gasteiger partial charge in [-0.15, -0.1) is 11.3 Å². The number of hydrazone groups is 1. The molecule has 0 saturated carbocycles. The Bertz CT molecular complexity index is 1210. The number of nitrogens with zero attached hydrogens (tertiary/aromatic N) is 5. The summed E-state index contributed by atoms with van der Waals surface area (Å²) in [5.41, 5.74) is 8.62. The molecule has 0 amide bonds. The fourth-order valence-corrected chi connectivity index (χ4v) is 5.22. The summed E-state index contributed by atoms with van der Waals surface area (Å²) in [5.74, 6) is 0.788. The van der Waals surface area contributed by atoms with Crippen molar-refractivity contribution < 1.29 is 0 Å². The minimum Gasteiger partial charge on any atom is -0.261 e. The predicted octanol–water partition coefficient (Wildman–Crippen LogP) is 4.82. The first kappa shape index (κ1) is 18.0. The van der Waals surface area contributed by atoms with Gasteiger partial charge in [0.2, 0.25) is 0 Å². The van der Waals surface area contributed by atoms with E-state index < -0.39 is 0 Å². The Morgan fingerprint density at radius 3 is 2.79 bits per heavy atom. The highest BCUT2D eigenvalue weighted by Gasteiger charge is 2.19. The van der Waals surface area contributed by atoms with E-state index in [9.17, 15) is 0 Å². The van der Waals surface area contributed by atoms with Crippen molar-refractivity contribution in [3.8, 4) is 5.69 Å². The van der Waals surface area contributed by atoms with Gasteiger partial charge < -0.3 is 0 Å². The van der Waals surface area contributed by atoms with Crippen molar-refractivity contribution in [1.82, 2.24) is 19.7 Å². The molecule has 0 unspecified atom stereocenters. The molecule has 3 heterocycles. The highest BCUT2D eigenvalue weighted by atomic mass is 32.1. The maximum atomic E-state index is 4.68. The number of rotatable bonds is 4. The molecule has 0 fully saturated rings. The van der Waals surface area contributed by atoms with E-state index in [1.54, 1.807) is 17.7 Å². The van der Waals surface area contributed by atoms with E-state index in [0.717, 1.165) is 51.5 Å². The number of aryl methyl sites for hydroxylation is 3. The third-order valence-corrected chi connectivity index (χ3v) is 6.66. The van der Waals surface area contributed by atoms with Crippen LogP contribution in [0.3, 0.4) is 0 Å². The van der Waals surface area contributed by atoms with Crippen molar-refractivity contribution in [2.24, 2.45) is 5.10 Å². The second-order valence-electron chi connectivity index (χ2n) is 7.32. The average molecular weight is 403 g/mol. The normalized spacial score (nSPS) is 13.9. The number of para-hydroxylation sites is 1. The minimum atomic E-state index is 0.788. The number of fused-ring (bicyclic) bond motifs is 3. The molecule has 0 saturated heterocycles. The summed E-state index contributed by atoms with van der Waals surface area (Å²) >= 11 is 1.79. The number of hydrogen-bond acceptors (Lipinski definition) is 6. The van der Waals surface area contributed by atoms with Gasteiger partial charge in [-0.2, -0.15) is 10.2 Å². The maximum Gasteiger partial charge on any atom is 0.158 e. The molecule has 0 radical (unpaired) electrons. The van der Waals surface area contributed by atoms with Crippen LogP contribution in [-0.4, -0.2) is 26.0 Å². The summed E-state index contributed by atoms with van der Waals surface area (Å²) in [5, 5.41) is 10.3. The molecule has 6 nitrogen and oxygen atoms in total. The first-order valence-electron chi connectivity index (χ1n) is 9.88. The van der Waals surface area contributed by atoms with Gasteiger partial charge in [0.25, 0.3) is 0 Å². The lowest BCUT2D eigenvalue weighted by Crippen LogP contribution is -2.01. The highest BCUT2D eigenvalue weighted by Crippen LogP contribution is 2.38. The Morgan fingerprint density at radius 2 is 1.93 bits per heavy atom. The van der Waals surface area contributed by atoms with Gasteiger partial charge in [-0.05, 0) is 57.2 Å². The lowest BCUT2D eigenvalue weighted by Gasteiger charge is -2.11. The molecule has 7 heteroatoms. The minimum absolute atomic E-state index is 0.788.